The van der Waals surface area contributed by atoms with Crippen LogP contribution in [0.5, 0.6) is 23.0 Å². The Morgan fingerprint density at radius 1 is 0.943 bits per heavy atom. The van der Waals surface area contributed by atoms with E-state index < -0.39 is 0 Å². The van der Waals surface area contributed by atoms with E-state index in [0.717, 1.165) is 33.8 Å². The standard InChI is InChI=1S/C26H30N4O5/c1-17-22(18(2)35-28-17)16-30-15-21(12-27-30)29(13-19-8-6-10-23(31)25(19)33-4)14-20-9-7-11-24(32-3)26(20)34-5/h6-12,15,31H,13-14,16H2,1-5H3. The highest BCUT2D eigenvalue weighted by molar-refractivity contribution is 5.53. The summed E-state index contributed by atoms with van der Waals surface area (Å²) in [6.45, 7) is 5.35. The van der Waals surface area contributed by atoms with Crippen molar-refractivity contribution in [2.24, 2.45) is 0 Å². The number of para-hydroxylation sites is 2. The van der Waals surface area contributed by atoms with Crippen LogP contribution in [0, 0.1) is 13.8 Å². The lowest BCUT2D eigenvalue weighted by Gasteiger charge is -2.26. The largest absolute Gasteiger partial charge is 0.504 e. The summed E-state index contributed by atoms with van der Waals surface area (Å²) in [6.07, 6.45) is 3.80. The summed E-state index contributed by atoms with van der Waals surface area (Å²) >= 11 is 0. The fourth-order valence-electron chi connectivity index (χ4n) is 4.15. The minimum Gasteiger partial charge on any atom is -0.504 e. The Balaban J connectivity index is 1.70. The number of phenols is 1. The van der Waals surface area contributed by atoms with Gasteiger partial charge in [-0.05, 0) is 26.0 Å². The average Bonchev–Trinajstić information content (AvgIpc) is 3.45. The van der Waals surface area contributed by atoms with Gasteiger partial charge in [0.05, 0.1) is 45.5 Å². The molecule has 0 saturated carbocycles. The molecule has 0 atom stereocenters. The number of hydrogen-bond donors (Lipinski definition) is 1. The SMILES string of the molecule is COc1cccc(CN(Cc2cccc(O)c2OC)c2cnn(Cc3c(C)noc3C)c2)c1OC. The van der Waals surface area contributed by atoms with Crippen molar-refractivity contribution in [2.75, 3.05) is 26.2 Å². The van der Waals surface area contributed by atoms with Crippen molar-refractivity contribution in [3.63, 3.8) is 0 Å². The molecule has 0 aliphatic heterocycles. The van der Waals surface area contributed by atoms with Crippen LogP contribution in [0.25, 0.3) is 0 Å². The van der Waals surface area contributed by atoms with Crippen LogP contribution in [-0.4, -0.2) is 41.4 Å². The Bertz CT molecular complexity index is 1280. The van der Waals surface area contributed by atoms with Crippen molar-refractivity contribution in [3.05, 3.63) is 76.9 Å². The molecule has 2 aromatic heterocycles. The van der Waals surface area contributed by atoms with E-state index in [0.29, 0.717) is 36.9 Å². The molecule has 0 aliphatic rings. The zero-order valence-corrected chi connectivity index (χ0v) is 20.6. The minimum absolute atomic E-state index is 0.0954. The van der Waals surface area contributed by atoms with Crippen LogP contribution in [0.15, 0.2) is 53.3 Å². The Morgan fingerprint density at radius 3 is 2.26 bits per heavy atom. The maximum Gasteiger partial charge on any atom is 0.165 e. The first kappa shape index (κ1) is 24.0. The molecule has 0 amide bonds. The maximum atomic E-state index is 10.3. The van der Waals surface area contributed by atoms with Crippen LogP contribution < -0.4 is 19.1 Å². The molecule has 0 saturated heterocycles. The number of anilines is 1. The predicted molar refractivity (Wildman–Crippen MR) is 131 cm³/mol. The Kier molecular flexibility index (Phi) is 7.14. The molecule has 2 aromatic carbocycles. The molecular formula is C26H30N4O5. The number of phenolic OH excluding ortho intramolecular Hbond substituents is 1. The fraction of sp³-hybridized carbons (Fsp3) is 0.308. The lowest BCUT2D eigenvalue weighted by Crippen LogP contribution is -2.22. The van der Waals surface area contributed by atoms with Crippen molar-refractivity contribution in [3.8, 4) is 23.0 Å². The molecule has 9 nitrogen and oxygen atoms in total. The van der Waals surface area contributed by atoms with Crippen LogP contribution >= 0.6 is 0 Å². The van der Waals surface area contributed by atoms with Gasteiger partial charge in [0, 0.05) is 36.0 Å². The van der Waals surface area contributed by atoms with Crippen molar-refractivity contribution < 1.29 is 23.8 Å². The predicted octanol–water partition coefficient (Wildman–Crippen LogP) is 4.47. The topological polar surface area (TPSA) is 95.0 Å². The normalized spacial score (nSPS) is 10.9. The number of aryl methyl sites for hydroxylation is 2. The third kappa shape index (κ3) is 5.03. The van der Waals surface area contributed by atoms with Crippen LogP contribution in [0.3, 0.4) is 0 Å². The van der Waals surface area contributed by atoms with Gasteiger partial charge < -0.3 is 28.7 Å². The molecule has 1 N–H and O–H groups in total. The van der Waals surface area contributed by atoms with Gasteiger partial charge >= 0.3 is 0 Å². The van der Waals surface area contributed by atoms with E-state index in [9.17, 15) is 5.11 Å². The van der Waals surface area contributed by atoms with Gasteiger partial charge in [-0.2, -0.15) is 5.10 Å². The van der Waals surface area contributed by atoms with Crippen LogP contribution in [0.2, 0.25) is 0 Å². The summed E-state index contributed by atoms with van der Waals surface area (Å²) in [5.41, 5.74) is 4.54. The minimum atomic E-state index is 0.0954. The fourth-order valence-corrected chi connectivity index (χ4v) is 4.15. The van der Waals surface area contributed by atoms with E-state index >= 15 is 0 Å². The number of ether oxygens (including phenoxy) is 3. The Morgan fingerprint density at radius 2 is 1.63 bits per heavy atom. The summed E-state index contributed by atoms with van der Waals surface area (Å²) in [6, 6.07) is 11.2. The Hall–Kier alpha value is -4.14. The van der Waals surface area contributed by atoms with E-state index in [1.165, 1.54) is 0 Å². The van der Waals surface area contributed by atoms with E-state index in [1.54, 1.807) is 33.5 Å². The summed E-state index contributed by atoms with van der Waals surface area (Å²) in [7, 11) is 4.80. The molecule has 0 unspecified atom stereocenters. The maximum absolute atomic E-state index is 10.3. The van der Waals surface area contributed by atoms with Gasteiger partial charge in [-0.3, -0.25) is 4.68 Å². The van der Waals surface area contributed by atoms with Gasteiger partial charge in [0.25, 0.3) is 0 Å². The lowest BCUT2D eigenvalue weighted by atomic mass is 10.1. The third-order valence-corrected chi connectivity index (χ3v) is 5.97. The summed E-state index contributed by atoms with van der Waals surface area (Å²) < 4.78 is 23.8. The van der Waals surface area contributed by atoms with E-state index in [4.69, 9.17) is 18.7 Å². The first-order chi connectivity index (χ1) is 16.9. The number of rotatable bonds is 10. The van der Waals surface area contributed by atoms with E-state index in [1.807, 2.05) is 55.2 Å². The lowest BCUT2D eigenvalue weighted by molar-refractivity contribution is 0.351. The molecule has 0 spiro atoms. The number of aromatic nitrogens is 3. The first-order valence-corrected chi connectivity index (χ1v) is 11.2. The van der Waals surface area contributed by atoms with Gasteiger partial charge in [-0.25, -0.2) is 0 Å². The van der Waals surface area contributed by atoms with Crippen molar-refractivity contribution in [2.45, 2.75) is 33.5 Å². The number of aromatic hydroxyl groups is 1. The number of nitrogens with zero attached hydrogens (tertiary/aromatic N) is 4. The molecule has 0 bridgehead atoms. The van der Waals surface area contributed by atoms with Crippen molar-refractivity contribution in [1.82, 2.24) is 14.9 Å². The third-order valence-electron chi connectivity index (χ3n) is 5.97. The molecule has 4 rings (SSSR count). The zero-order valence-electron chi connectivity index (χ0n) is 20.6. The van der Waals surface area contributed by atoms with E-state index in [2.05, 4.69) is 15.2 Å². The van der Waals surface area contributed by atoms with Gasteiger partial charge in [0.15, 0.2) is 23.0 Å². The second-order valence-corrected chi connectivity index (χ2v) is 8.18. The van der Waals surface area contributed by atoms with E-state index in [-0.39, 0.29) is 5.75 Å². The molecule has 9 heteroatoms. The number of methoxy groups -OCH3 is 3. The van der Waals surface area contributed by atoms with Gasteiger partial charge in [-0.1, -0.05) is 29.4 Å². The van der Waals surface area contributed by atoms with Crippen LogP contribution in [0.1, 0.15) is 28.1 Å². The van der Waals surface area contributed by atoms with Crippen molar-refractivity contribution >= 4 is 5.69 Å². The molecule has 0 aliphatic carbocycles. The molecule has 4 aromatic rings. The molecule has 0 fully saturated rings. The molecular weight excluding hydrogens is 448 g/mol. The number of hydrogen-bond acceptors (Lipinski definition) is 8. The summed E-state index contributed by atoms with van der Waals surface area (Å²) in [5.74, 6) is 2.65. The molecule has 35 heavy (non-hydrogen) atoms. The van der Waals surface area contributed by atoms with Gasteiger partial charge in [-0.15, -0.1) is 0 Å². The van der Waals surface area contributed by atoms with Crippen LogP contribution in [0.4, 0.5) is 5.69 Å². The van der Waals surface area contributed by atoms with Gasteiger partial charge in [0.1, 0.15) is 5.76 Å². The molecule has 2 heterocycles. The number of benzene rings is 2. The average molecular weight is 479 g/mol. The van der Waals surface area contributed by atoms with Gasteiger partial charge in [0.2, 0.25) is 0 Å². The summed E-state index contributed by atoms with van der Waals surface area (Å²) in [4.78, 5) is 2.14. The first-order valence-electron chi connectivity index (χ1n) is 11.2. The highest BCUT2D eigenvalue weighted by Crippen LogP contribution is 2.35. The molecule has 0 radical (unpaired) electrons. The zero-order chi connectivity index (χ0) is 24.9. The quantitative estimate of drug-likeness (QED) is 0.357. The highest BCUT2D eigenvalue weighted by atomic mass is 16.5. The van der Waals surface area contributed by atoms with Crippen LogP contribution in [-0.2, 0) is 19.6 Å². The monoisotopic (exact) mass is 478 g/mol. The highest BCUT2D eigenvalue weighted by Gasteiger charge is 2.19. The second kappa shape index (κ2) is 10.4. The van der Waals surface area contributed by atoms with Crippen molar-refractivity contribution in [1.29, 1.82) is 0 Å². The Labute approximate surface area is 204 Å². The smallest absolute Gasteiger partial charge is 0.165 e. The second-order valence-electron chi connectivity index (χ2n) is 8.18. The molecule has 184 valence electrons. The summed E-state index contributed by atoms with van der Waals surface area (Å²) in [5, 5.41) is 18.9.